The van der Waals surface area contributed by atoms with Crippen molar-refractivity contribution in [1.82, 2.24) is 0 Å². The van der Waals surface area contributed by atoms with E-state index in [4.69, 9.17) is 6.42 Å². The van der Waals surface area contributed by atoms with E-state index >= 15 is 0 Å². The molecule has 0 aromatic rings. The van der Waals surface area contributed by atoms with Gasteiger partial charge in [-0.05, 0) is 12.8 Å². The summed E-state index contributed by atoms with van der Waals surface area (Å²) in [6.45, 7) is 0. The Morgan fingerprint density at radius 2 is 2.00 bits per heavy atom. The molecule has 0 saturated carbocycles. The minimum Gasteiger partial charge on any atom is -1.00 e. The molecule has 0 aliphatic carbocycles. The molecule has 0 amide bonds. The fourth-order valence-electron chi connectivity index (χ4n) is 0.155. The monoisotopic (exact) mass is 204 g/mol. The Morgan fingerprint density at radius 3 is 2.12 bits per heavy atom. The smallest absolute Gasteiger partial charge is 1.00 e. The SMILES string of the molecule is [C-]#CCCCBr.[Cl-].[Mg+2]. The maximum Gasteiger partial charge on any atom is 2.00 e. The quantitative estimate of drug-likeness (QED) is 0.167. The van der Waals surface area contributed by atoms with Crippen molar-refractivity contribution >= 4 is 39.0 Å². The first-order chi connectivity index (χ1) is 2.91. The number of unbranched alkanes of at least 4 members (excludes halogenated alkanes) is 1. The molecule has 0 aliphatic heterocycles. The summed E-state index contributed by atoms with van der Waals surface area (Å²) in [6, 6.07) is 0. The van der Waals surface area contributed by atoms with Gasteiger partial charge in [0.25, 0.3) is 0 Å². The van der Waals surface area contributed by atoms with Gasteiger partial charge in [0.05, 0.1) is 0 Å². The Morgan fingerprint density at radius 1 is 1.50 bits per heavy atom. The summed E-state index contributed by atoms with van der Waals surface area (Å²) in [5.41, 5.74) is 0. The molecule has 0 aliphatic rings. The molecular weight excluding hydrogens is 200 g/mol. The van der Waals surface area contributed by atoms with Gasteiger partial charge in [0.1, 0.15) is 0 Å². The summed E-state index contributed by atoms with van der Waals surface area (Å²) in [5, 5.41) is 0.985. The summed E-state index contributed by atoms with van der Waals surface area (Å²) in [5.74, 6) is 2.29. The second-order valence-corrected chi connectivity index (χ2v) is 1.76. The van der Waals surface area contributed by atoms with E-state index in [0.717, 1.165) is 18.2 Å². The van der Waals surface area contributed by atoms with Gasteiger partial charge in [-0.25, -0.2) is 0 Å². The van der Waals surface area contributed by atoms with Crippen molar-refractivity contribution in [2.75, 3.05) is 5.33 Å². The van der Waals surface area contributed by atoms with Crippen LogP contribution in [-0.4, -0.2) is 28.4 Å². The van der Waals surface area contributed by atoms with Gasteiger partial charge in [-0.15, -0.1) is 0 Å². The van der Waals surface area contributed by atoms with E-state index in [0.29, 0.717) is 0 Å². The Labute approximate surface area is 81.5 Å². The van der Waals surface area contributed by atoms with Gasteiger partial charge >= 0.3 is 23.1 Å². The molecule has 42 valence electrons. The molecule has 0 aromatic carbocycles. The third-order valence-electron chi connectivity index (χ3n) is 0.435. The first kappa shape index (κ1) is 16.0. The van der Waals surface area contributed by atoms with Gasteiger partial charge < -0.3 is 24.8 Å². The zero-order chi connectivity index (χ0) is 4.83. The molecule has 0 nitrogen and oxygen atoms in total. The van der Waals surface area contributed by atoms with Gasteiger partial charge in [0.2, 0.25) is 0 Å². The Balaban J connectivity index is -0.000000125. The molecule has 8 heavy (non-hydrogen) atoms. The van der Waals surface area contributed by atoms with Crippen LogP contribution in [0.25, 0.3) is 0 Å². The first-order valence-electron chi connectivity index (χ1n) is 1.87. The second-order valence-electron chi connectivity index (χ2n) is 0.969. The fourth-order valence-corrected chi connectivity index (χ4v) is 0.436. The van der Waals surface area contributed by atoms with E-state index < -0.39 is 0 Å². The van der Waals surface area contributed by atoms with Crippen LogP contribution in [0.5, 0.6) is 0 Å². The summed E-state index contributed by atoms with van der Waals surface area (Å²) in [7, 11) is 0. The zero-order valence-corrected chi connectivity index (χ0v) is 8.34. The molecular formula is C5H6BrClMg. The number of halogens is 2. The van der Waals surface area contributed by atoms with Gasteiger partial charge in [0, 0.05) is 5.33 Å². The molecule has 0 N–H and O–H groups in total. The van der Waals surface area contributed by atoms with Gasteiger partial charge in [-0.2, -0.15) is 0 Å². The van der Waals surface area contributed by atoms with Crippen LogP contribution in [0.1, 0.15) is 12.8 Å². The maximum absolute atomic E-state index is 6.44. The second kappa shape index (κ2) is 15.7. The van der Waals surface area contributed by atoms with E-state index in [1.807, 2.05) is 0 Å². The van der Waals surface area contributed by atoms with Gasteiger partial charge in [-0.3, -0.25) is 0 Å². The minimum absolute atomic E-state index is 0. The van der Waals surface area contributed by atoms with Crippen LogP contribution in [0.15, 0.2) is 0 Å². The number of hydrogen-bond acceptors (Lipinski definition) is 0. The molecule has 0 aromatic heterocycles. The predicted molar refractivity (Wildman–Crippen MR) is 35.9 cm³/mol. The largest absolute Gasteiger partial charge is 2.00 e. The average molecular weight is 206 g/mol. The van der Waals surface area contributed by atoms with E-state index in [1.54, 1.807) is 0 Å². The van der Waals surface area contributed by atoms with Crippen molar-refractivity contribution in [3.63, 3.8) is 0 Å². The third kappa shape index (κ3) is 15.7. The van der Waals surface area contributed by atoms with Crippen LogP contribution >= 0.6 is 15.9 Å². The molecule has 0 heterocycles. The van der Waals surface area contributed by atoms with Gasteiger partial charge in [-0.1, -0.05) is 15.9 Å². The van der Waals surface area contributed by atoms with E-state index in [-0.39, 0.29) is 35.5 Å². The number of rotatable bonds is 2. The molecule has 0 bridgehead atoms. The topological polar surface area (TPSA) is 0 Å². The minimum atomic E-state index is 0. The maximum atomic E-state index is 6.44. The fraction of sp³-hybridized carbons (Fsp3) is 0.600. The third-order valence-corrected chi connectivity index (χ3v) is 0.996. The molecule has 0 unspecified atom stereocenters. The van der Waals surface area contributed by atoms with Crippen LogP contribution in [0.3, 0.4) is 0 Å². The Hall–Kier alpha value is 1.10. The van der Waals surface area contributed by atoms with Crippen LogP contribution in [-0.2, 0) is 0 Å². The molecule has 0 spiro atoms. The van der Waals surface area contributed by atoms with E-state index in [2.05, 4.69) is 21.9 Å². The van der Waals surface area contributed by atoms with Crippen molar-refractivity contribution < 1.29 is 12.4 Å². The molecule has 3 heteroatoms. The molecule has 0 fully saturated rings. The van der Waals surface area contributed by atoms with Crippen LogP contribution < -0.4 is 12.4 Å². The normalized spacial score (nSPS) is 5.50. The first-order valence-corrected chi connectivity index (χ1v) is 2.99. The average Bonchev–Trinajstić information content (AvgIpc) is 1.61. The summed E-state index contributed by atoms with van der Waals surface area (Å²) in [6.07, 6.45) is 8.25. The van der Waals surface area contributed by atoms with E-state index in [9.17, 15) is 0 Å². The summed E-state index contributed by atoms with van der Waals surface area (Å²) >= 11 is 3.23. The van der Waals surface area contributed by atoms with Crippen LogP contribution in [0.4, 0.5) is 0 Å². The van der Waals surface area contributed by atoms with Crippen molar-refractivity contribution in [2.45, 2.75) is 12.8 Å². The number of hydrogen-bond donors (Lipinski definition) is 0. The Kier molecular flexibility index (Phi) is 31.5. The van der Waals surface area contributed by atoms with Gasteiger partial charge in [0.15, 0.2) is 0 Å². The number of alkyl halides is 1. The summed E-state index contributed by atoms with van der Waals surface area (Å²) in [4.78, 5) is 0. The van der Waals surface area contributed by atoms with Crippen molar-refractivity contribution in [2.24, 2.45) is 0 Å². The summed E-state index contributed by atoms with van der Waals surface area (Å²) < 4.78 is 0. The zero-order valence-electron chi connectivity index (χ0n) is 4.58. The van der Waals surface area contributed by atoms with Crippen molar-refractivity contribution in [3.05, 3.63) is 6.42 Å². The molecule has 0 rings (SSSR count). The van der Waals surface area contributed by atoms with Crippen molar-refractivity contribution in [3.8, 4) is 5.92 Å². The van der Waals surface area contributed by atoms with Crippen LogP contribution in [0.2, 0.25) is 0 Å². The molecule has 0 saturated heterocycles. The van der Waals surface area contributed by atoms with E-state index in [1.165, 1.54) is 0 Å². The molecule has 0 radical (unpaired) electrons. The predicted octanol–water partition coefficient (Wildman–Crippen LogP) is -1.63. The van der Waals surface area contributed by atoms with Crippen LogP contribution in [0, 0.1) is 12.3 Å². The Bertz CT molecular complexity index is 59.9. The standard InChI is InChI=1S/C5H6Br.ClH.Mg/c1-2-3-4-5-6;;/h3-5H2;1H;/q-1;;+2/p-1. The van der Waals surface area contributed by atoms with Crippen molar-refractivity contribution in [1.29, 1.82) is 0 Å². The molecule has 0 atom stereocenters.